The number of carbonyl (C=O) groups excluding carboxylic acids is 1. The van der Waals surface area contributed by atoms with Gasteiger partial charge in [-0.25, -0.2) is 4.98 Å². The zero-order valence-electron chi connectivity index (χ0n) is 16.2. The normalized spacial score (nSPS) is 10.8. The summed E-state index contributed by atoms with van der Waals surface area (Å²) in [6, 6.07) is 15.4. The average Bonchev–Trinajstić information content (AvgIpc) is 3.36. The van der Waals surface area contributed by atoms with E-state index in [9.17, 15) is 4.79 Å². The molecule has 2 aromatic heterocycles. The second-order valence-corrected chi connectivity index (χ2v) is 8.23. The van der Waals surface area contributed by atoms with Gasteiger partial charge in [-0.1, -0.05) is 53.4 Å². The number of ether oxygens (including phenoxy) is 1. The molecule has 30 heavy (non-hydrogen) atoms. The van der Waals surface area contributed by atoms with Crippen LogP contribution in [0, 0.1) is 0 Å². The topological polar surface area (TPSA) is 81.9 Å². The number of para-hydroxylation sites is 1. The summed E-state index contributed by atoms with van der Waals surface area (Å²) in [6.45, 7) is 4.35. The molecule has 0 saturated heterocycles. The number of rotatable bonds is 8. The Balaban J connectivity index is 1.47. The van der Waals surface area contributed by atoms with Crippen molar-refractivity contribution in [2.45, 2.75) is 11.7 Å². The molecule has 1 amide bonds. The van der Waals surface area contributed by atoms with Gasteiger partial charge < -0.3 is 10.1 Å². The number of benzene rings is 2. The third-order valence-corrected chi connectivity index (χ3v) is 6.15. The predicted octanol–water partition coefficient (Wildman–Crippen LogP) is 4.48. The van der Waals surface area contributed by atoms with Crippen LogP contribution in [0.1, 0.15) is 0 Å². The molecular weight excluding hydrogens is 418 g/mol. The fourth-order valence-corrected chi connectivity index (χ4v) is 4.51. The lowest BCUT2D eigenvalue weighted by molar-refractivity contribution is -0.113. The van der Waals surface area contributed by atoms with Gasteiger partial charge in [0, 0.05) is 12.1 Å². The summed E-state index contributed by atoms with van der Waals surface area (Å²) < 4.78 is 8.26. The first-order valence-corrected chi connectivity index (χ1v) is 10.9. The number of aromatic nitrogens is 4. The number of thiazole rings is 1. The van der Waals surface area contributed by atoms with Crippen molar-refractivity contribution in [3.05, 3.63) is 61.2 Å². The average molecular weight is 438 g/mol. The molecule has 2 aromatic carbocycles. The van der Waals surface area contributed by atoms with Crippen LogP contribution in [0.3, 0.4) is 0 Å². The van der Waals surface area contributed by atoms with E-state index in [-0.39, 0.29) is 11.7 Å². The third kappa shape index (κ3) is 4.37. The van der Waals surface area contributed by atoms with Gasteiger partial charge in [0.1, 0.15) is 5.75 Å². The van der Waals surface area contributed by atoms with Crippen LogP contribution < -0.4 is 10.1 Å². The van der Waals surface area contributed by atoms with E-state index in [1.165, 1.54) is 23.1 Å². The van der Waals surface area contributed by atoms with Crippen LogP contribution in [-0.2, 0) is 11.3 Å². The first-order valence-electron chi connectivity index (χ1n) is 9.14. The molecule has 9 heteroatoms. The summed E-state index contributed by atoms with van der Waals surface area (Å²) in [5.41, 5.74) is 1.76. The minimum atomic E-state index is -0.143. The summed E-state index contributed by atoms with van der Waals surface area (Å²) in [5, 5.41) is 12.7. The van der Waals surface area contributed by atoms with Crippen LogP contribution in [0.2, 0.25) is 0 Å². The lowest BCUT2D eigenvalue weighted by Gasteiger charge is -2.08. The number of nitrogens with zero attached hydrogens (tertiary/aromatic N) is 4. The van der Waals surface area contributed by atoms with E-state index in [1.54, 1.807) is 13.2 Å². The summed E-state index contributed by atoms with van der Waals surface area (Å²) in [4.78, 5) is 16.9. The quantitative estimate of drug-likeness (QED) is 0.323. The number of carbonyl (C=O) groups is 1. The first-order chi connectivity index (χ1) is 14.7. The van der Waals surface area contributed by atoms with Crippen molar-refractivity contribution in [1.82, 2.24) is 19.7 Å². The maximum absolute atomic E-state index is 12.4. The molecule has 0 unspecified atom stereocenters. The second-order valence-electron chi connectivity index (χ2n) is 6.26. The maximum Gasteiger partial charge on any atom is 0.236 e. The van der Waals surface area contributed by atoms with E-state index in [4.69, 9.17) is 4.74 Å². The molecule has 0 aliphatic carbocycles. The third-order valence-electron chi connectivity index (χ3n) is 4.23. The van der Waals surface area contributed by atoms with E-state index in [0.29, 0.717) is 22.7 Å². The highest BCUT2D eigenvalue weighted by molar-refractivity contribution is 7.99. The van der Waals surface area contributed by atoms with E-state index in [1.807, 2.05) is 53.1 Å². The largest absolute Gasteiger partial charge is 0.497 e. The number of anilines is 1. The van der Waals surface area contributed by atoms with Gasteiger partial charge in [0.25, 0.3) is 0 Å². The number of hydrogen-bond acceptors (Lipinski definition) is 7. The fraction of sp³-hybridized carbons (Fsp3) is 0.143. The number of thioether (sulfide) groups is 1. The van der Waals surface area contributed by atoms with Crippen molar-refractivity contribution < 1.29 is 9.53 Å². The monoisotopic (exact) mass is 437 g/mol. The molecule has 0 radical (unpaired) electrons. The fourth-order valence-electron chi connectivity index (χ4n) is 2.88. The van der Waals surface area contributed by atoms with Crippen LogP contribution in [0.4, 0.5) is 5.13 Å². The molecule has 0 bridgehead atoms. The Morgan fingerprint density at radius 3 is 2.93 bits per heavy atom. The van der Waals surface area contributed by atoms with Crippen molar-refractivity contribution in [3.8, 4) is 17.1 Å². The molecule has 152 valence electrons. The van der Waals surface area contributed by atoms with Crippen LogP contribution in [0.5, 0.6) is 5.75 Å². The molecule has 1 N–H and O–H groups in total. The van der Waals surface area contributed by atoms with Gasteiger partial charge in [0.15, 0.2) is 16.1 Å². The highest BCUT2D eigenvalue weighted by atomic mass is 32.2. The summed E-state index contributed by atoms with van der Waals surface area (Å²) >= 11 is 2.77. The van der Waals surface area contributed by atoms with Crippen molar-refractivity contribution in [2.24, 2.45) is 0 Å². The number of amides is 1. The molecule has 0 aliphatic heterocycles. The number of fused-ring (bicyclic) bond motifs is 1. The van der Waals surface area contributed by atoms with Crippen LogP contribution in [-0.4, -0.2) is 38.5 Å². The van der Waals surface area contributed by atoms with Crippen LogP contribution in [0.25, 0.3) is 21.6 Å². The number of methoxy groups -OCH3 is 1. The Hall–Kier alpha value is -3.17. The van der Waals surface area contributed by atoms with Gasteiger partial charge in [0.05, 0.1) is 23.1 Å². The predicted molar refractivity (Wildman–Crippen MR) is 121 cm³/mol. The van der Waals surface area contributed by atoms with Gasteiger partial charge in [-0.15, -0.1) is 16.8 Å². The minimum absolute atomic E-state index is 0.143. The summed E-state index contributed by atoms with van der Waals surface area (Å²) in [6.07, 6.45) is 1.78. The highest BCUT2D eigenvalue weighted by Crippen LogP contribution is 2.28. The van der Waals surface area contributed by atoms with Gasteiger partial charge in [0.2, 0.25) is 5.91 Å². The van der Waals surface area contributed by atoms with Crippen molar-refractivity contribution in [3.63, 3.8) is 0 Å². The van der Waals surface area contributed by atoms with E-state index in [0.717, 1.165) is 21.5 Å². The van der Waals surface area contributed by atoms with Gasteiger partial charge in [-0.3, -0.25) is 9.36 Å². The smallest absolute Gasteiger partial charge is 0.236 e. The number of allylic oxidation sites excluding steroid dienone is 1. The lowest BCUT2D eigenvalue weighted by atomic mass is 10.2. The molecule has 7 nitrogen and oxygen atoms in total. The minimum Gasteiger partial charge on any atom is -0.497 e. The van der Waals surface area contributed by atoms with Gasteiger partial charge >= 0.3 is 0 Å². The van der Waals surface area contributed by atoms with E-state index in [2.05, 4.69) is 27.1 Å². The summed E-state index contributed by atoms with van der Waals surface area (Å²) in [5.74, 6) is 1.49. The Morgan fingerprint density at radius 2 is 2.13 bits per heavy atom. The van der Waals surface area contributed by atoms with Crippen molar-refractivity contribution in [1.29, 1.82) is 0 Å². The van der Waals surface area contributed by atoms with Crippen LogP contribution >= 0.6 is 23.1 Å². The molecule has 0 spiro atoms. The molecule has 0 fully saturated rings. The Bertz CT molecular complexity index is 1170. The van der Waals surface area contributed by atoms with Crippen molar-refractivity contribution >= 4 is 44.4 Å². The van der Waals surface area contributed by atoms with Crippen LogP contribution in [0.15, 0.2) is 66.3 Å². The van der Waals surface area contributed by atoms with E-state index >= 15 is 0 Å². The molecule has 0 atom stereocenters. The first kappa shape index (κ1) is 20.1. The molecule has 0 aliphatic rings. The standard InChI is InChI=1S/C21H19N5O2S2/c1-3-11-26-19(14-7-6-8-15(12-14)28-2)24-25-21(26)29-13-18(27)23-20-22-16-9-4-5-10-17(16)30-20/h3-10,12H,1,11,13H2,2H3,(H,22,23,27). The van der Waals surface area contributed by atoms with Gasteiger partial charge in [-0.05, 0) is 24.3 Å². The molecule has 2 heterocycles. The number of nitrogens with one attached hydrogen (secondary N) is 1. The van der Waals surface area contributed by atoms with E-state index < -0.39 is 0 Å². The van der Waals surface area contributed by atoms with Crippen molar-refractivity contribution in [2.75, 3.05) is 18.2 Å². The summed E-state index contributed by atoms with van der Waals surface area (Å²) in [7, 11) is 1.62. The molecular formula is C21H19N5O2S2. The zero-order chi connectivity index (χ0) is 20.9. The Labute approximate surface area is 181 Å². The molecule has 0 saturated carbocycles. The maximum atomic E-state index is 12.4. The van der Waals surface area contributed by atoms with Gasteiger partial charge in [-0.2, -0.15) is 0 Å². The molecule has 4 rings (SSSR count). The highest BCUT2D eigenvalue weighted by Gasteiger charge is 2.16. The second kappa shape index (κ2) is 9.10. The SMILES string of the molecule is C=CCn1c(SCC(=O)Nc2nc3ccccc3s2)nnc1-c1cccc(OC)c1. The zero-order valence-corrected chi connectivity index (χ0v) is 17.9. The number of hydrogen-bond donors (Lipinski definition) is 1. The Kier molecular flexibility index (Phi) is 6.10. The Morgan fingerprint density at radius 1 is 1.27 bits per heavy atom. The lowest BCUT2D eigenvalue weighted by Crippen LogP contribution is -2.14. The molecule has 4 aromatic rings.